The van der Waals surface area contributed by atoms with E-state index in [1.54, 1.807) is 23.7 Å². The van der Waals surface area contributed by atoms with Crippen LogP contribution in [0.25, 0.3) is 22.3 Å². The number of halogens is 3. The highest BCUT2D eigenvalue weighted by Crippen LogP contribution is 2.33. The van der Waals surface area contributed by atoms with Gasteiger partial charge in [0.25, 0.3) is 0 Å². The summed E-state index contributed by atoms with van der Waals surface area (Å²) in [7, 11) is 1.72. The van der Waals surface area contributed by atoms with E-state index in [9.17, 15) is 13.2 Å². The van der Waals surface area contributed by atoms with Gasteiger partial charge in [0.1, 0.15) is 0 Å². The van der Waals surface area contributed by atoms with Crippen LogP contribution in [0.5, 0.6) is 0 Å². The normalized spacial score (nSPS) is 12.0. The quantitative estimate of drug-likeness (QED) is 0.740. The molecule has 3 aromatic rings. The minimum Gasteiger partial charge on any atom is -0.397 e. The Bertz CT molecular complexity index is 801. The fraction of sp³-hybridized carbons (Fsp3) is 0.133. The smallest absolute Gasteiger partial charge is 0.397 e. The fourth-order valence-electron chi connectivity index (χ4n) is 2.31. The summed E-state index contributed by atoms with van der Waals surface area (Å²) in [6.45, 7) is 0. The van der Waals surface area contributed by atoms with Crippen molar-refractivity contribution in [3.63, 3.8) is 0 Å². The van der Waals surface area contributed by atoms with Crippen LogP contribution >= 0.6 is 0 Å². The molecule has 0 radical (unpaired) electrons. The van der Waals surface area contributed by atoms with Gasteiger partial charge < -0.3 is 10.3 Å². The Hall–Kier alpha value is -2.50. The Balaban J connectivity index is 2.18. The lowest BCUT2D eigenvalue weighted by molar-refractivity contribution is -0.137. The number of nitrogens with two attached hydrogens (primary N) is 1. The molecule has 2 aromatic heterocycles. The lowest BCUT2D eigenvalue weighted by Crippen LogP contribution is -2.04. The van der Waals surface area contributed by atoms with E-state index in [1.165, 1.54) is 12.3 Å². The standard InChI is InChI=1S/C15H12F3N3/c1-21-13-7-10(15(16,17)18)3-2-9(13)6-14(21)12-5-4-11(19)8-20-12/h2-8H,19H2,1H3. The number of hydrogen-bond acceptors (Lipinski definition) is 2. The zero-order valence-corrected chi connectivity index (χ0v) is 11.1. The molecule has 0 atom stereocenters. The molecule has 0 spiro atoms. The van der Waals surface area contributed by atoms with Crippen LogP contribution in [-0.4, -0.2) is 9.55 Å². The van der Waals surface area contributed by atoms with Crippen molar-refractivity contribution in [3.8, 4) is 11.4 Å². The van der Waals surface area contributed by atoms with Crippen LogP contribution < -0.4 is 5.73 Å². The molecule has 2 N–H and O–H groups in total. The van der Waals surface area contributed by atoms with E-state index in [0.29, 0.717) is 16.9 Å². The first kappa shape index (κ1) is 13.5. The number of benzene rings is 1. The molecule has 0 aliphatic rings. The minimum absolute atomic E-state index is 0.512. The number of anilines is 1. The van der Waals surface area contributed by atoms with Crippen molar-refractivity contribution in [3.05, 3.63) is 48.2 Å². The molecule has 3 nitrogen and oxygen atoms in total. The van der Waals surface area contributed by atoms with Gasteiger partial charge in [0, 0.05) is 18.0 Å². The van der Waals surface area contributed by atoms with Gasteiger partial charge in [-0.2, -0.15) is 13.2 Å². The summed E-state index contributed by atoms with van der Waals surface area (Å²) in [6.07, 6.45) is -2.83. The highest BCUT2D eigenvalue weighted by atomic mass is 19.4. The molecule has 0 amide bonds. The zero-order valence-electron chi connectivity index (χ0n) is 11.1. The number of nitrogen functional groups attached to an aromatic ring is 1. The first-order valence-electron chi connectivity index (χ1n) is 6.25. The van der Waals surface area contributed by atoms with Crippen molar-refractivity contribution in [1.29, 1.82) is 0 Å². The molecular weight excluding hydrogens is 279 g/mol. The number of aromatic nitrogens is 2. The van der Waals surface area contributed by atoms with Gasteiger partial charge in [0.2, 0.25) is 0 Å². The Kier molecular flexibility index (Phi) is 2.90. The predicted octanol–water partition coefficient (Wildman–Crippen LogP) is 3.84. The molecule has 0 saturated carbocycles. The predicted molar refractivity (Wildman–Crippen MR) is 75.6 cm³/mol. The van der Waals surface area contributed by atoms with Crippen LogP contribution in [0.2, 0.25) is 0 Å². The molecule has 3 rings (SSSR count). The highest BCUT2D eigenvalue weighted by molar-refractivity contribution is 5.87. The molecule has 0 unspecified atom stereocenters. The van der Waals surface area contributed by atoms with Gasteiger partial charge >= 0.3 is 6.18 Å². The molecule has 1 aromatic carbocycles. The second-order valence-corrected chi connectivity index (χ2v) is 4.84. The third kappa shape index (κ3) is 2.33. The second-order valence-electron chi connectivity index (χ2n) is 4.84. The molecule has 0 bridgehead atoms. The van der Waals surface area contributed by atoms with Crippen molar-refractivity contribution in [2.75, 3.05) is 5.73 Å². The molecule has 6 heteroatoms. The lowest BCUT2D eigenvalue weighted by Gasteiger charge is -2.08. The van der Waals surface area contributed by atoms with E-state index in [4.69, 9.17) is 5.73 Å². The molecule has 0 aliphatic heterocycles. The SMILES string of the molecule is Cn1c(-c2ccc(N)cn2)cc2ccc(C(F)(F)F)cc21. The molecule has 0 aliphatic carbocycles. The summed E-state index contributed by atoms with van der Waals surface area (Å²) in [5.74, 6) is 0. The van der Waals surface area contributed by atoms with E-state index < -0.39 is 11.7 Å². The summed E-state index contributed by atoms with van der Waals surface area (Å²) >= 11 is 0. The monoisotopic (exact) mass is 291 g/mol. The molecule has 108 valence electrons. The summed E-state index contributed by atoms with van der Waals surface area (Å²) < 4.78 is 40.1. The Morgan fingerprint density at radius 3 is 2.48 bits per heavy atom. The third-order valence-corrected chi connectivity index (χ3v) is 3.42. The van der Waals surface area contributed by atoms with Gasteiger partial charge in [0.15, 0.2) is 0 Å². The van der Waals surface area contributed by atoms with Gasteiger partial charge in [-0.15, -0.1) is 0 Å². The second kappa shape index (κ2) is 4.51. The van der Waals surface area contributed by atoms with E-state index in [2.05, 4.69) is 4.98 Å². The van der Waals surface area contributed by atoms with Crippen molar-refractivity contribution < 1.29 is 13.2 Å². The van der Waals surface area contributed by atoms with Crippen LogP contribution in [0, 0.1) is 0 Å². The molecular formula is C15H12F3N3. The summed E-state index contributed by atoms with van der Waals surface area (Å²) in [5.41, 5.74) is 7.39. The van der Waals surface area contributed by atoms with Gasteiger partial charge in [-0.25, -0.2) is 0 Å². The van der Waals surface area contributed by atoms with E-state index >= 15 is 0 Å². The van der Waals surface area contributed by atoms with Crippen molar-refractivity contribution in [2.24, 2.45) is 7.05 Å². The number of rotatable bonds is 1. The van der Waals surface area contributed by atoms with Crippen molar-refractivity contribution in [2.45, 2.75) is 6.18 Å². The Morgan fingerprint density at radius 1 is 1.10 bits per heavy atom. The first-order chi connectivity index (χ1) is 9.86. The average Bonchev–Trinajstić information content (AvgIpc) is 2.76. The molecule has 0 saturated heterocycles. The maximum Gasteiger partial charge on any atom is 0.416 e. The van der Waals surface area contributed by atoms with Crippen LogP contribution in [-0.2, 0) is 13.2 Å². The maximum atomic E-state index is 12.8. The fourth-order valence-corrected chi connectivity index (χ4v) is 2.31. The highest BCUT2D eigenvalue weighted by Gasteiger charge is 2.30. The molecule has 2 heterocycles. The van der Waals surface area contributed by atoms with Crippen LogP contribution in [0.15, 0.2) is 42.6 Å². The number of hydrogen-bond donors (Lipinski definition) is 1. The first-order valence-corrected chi connectivity index (χ1v) is 6.25. The van der Waals surface area contributed by atoms with E-state index in [1.807, 2.05) is 6.07 Å². The van der Waals surface area contributed by atoms with Gasteiger partial charge in [-0.3, -0.25) is 4.98 Å². The number of alkyl halides is 3. The number of aryl methyl sites for hydroxylation is 1. The summed E-state index contributed by atoms with van der Waals surface area (Å²) in [6, 6.07) is 8.97. The van der Waals surface area contributed by atoms with Crippen LogP contribution in [0.4, 0.5) is 18.9 Å². The maximum absolute atomic E-state index is 12.8. The number of fused-ring (bicyclic) bond motifs is 1. The average molecular weight is 291 g/mol. The Labute approximate surface area is 118 Å². The number of pyridine rings is 1. The minimum atomic E-state index is -4.35. The zero-order chi connectivity index (χ0) is 15.2. The largest absolute Gasteiger partial charge is 0.416 e. The van der Waals surface area contributed by atoms with E-state index in [0.717, 1.165) is 23.2 Å². The lowest BCUT2D eigenvalue weighted by atomic mass is 10.1. The van der Waals surface area contributed by atoms with Crippen LogP contribution in [0.1, 0.15) is 5.56 Å². The third-order valence-electron chi connectivity index (χ3n) is 3.42. The van der Waals surface area contributed by atoms with Gasteiger partial charge in [0.05, 0.1) is 28.8 Å². The molecule has 0 fully saturated rings. The number of nitrogens with zero attached hydrogens (tertiary/aromatic N) is 2. The molecule has 21 heavy (non-hydrogen) atoms. The van der Waals surface area contributed by atoms with Gasteiger partial charge in [-0.1, -0.05) is 6.07 Å². The topological polar surface area (TPSA) is 43.8 Å². The summed E-state index contributed by atoms with van der Waals surface area (Å²) in [5, 5.41) is 0.735. The summed E-state index contributed by atoms with van der Waals surface area (Å²) in [4.78, 5) is 4.21. The van der Waals surface area contributed by atoms with E-state index in [-0.39, 0.29) is 0 Å². The Morgan fingerprint density at radius 2 is 1.86 bits per heavy atom. The van der Waals surface area contributed by atoms with Crippen LogP contribution in [0.3, 0.4) is 0 Å². The van der Waals surface area contributed by atoms with Crippen molar-refractivity contribution in [1.82, 2.24) is 9.55 Å². The van der Waals surface area contributed by atoms with Gasteiger partial charge in [-0.05, 0) is 30.3 Å². The van der Waals surface area contributed by atoms with Crippen molar-refractivity contribution >= 4 is 16.6 Å².